The van der Waals surface area contributed by atoms with Crippen LogP contribution in [0.2, 0.25) is 0 Å². The van der Waals surface area contributed by atoms with Gasteiger partial charge in [0.15, 0.2) is 17.5 Å². The van der Waals surface area contributed by atoms with E-state index in [1.54, 1.807) is 0 Å². The van der Waals surface area contributed by atoms with Crippen LogP contribution in [0.1, 0.15) is 0 Å². The van der Waals surface area contributed by atoms with E-state index < -0.39 is 0 Å². The standard InChI is InChI=1S/C39H24N4O/c1-3-12-25(13-4-1)37-40-38(26-14-5-2-6-15-26)42-39(41-37)27-16-11-17-28(24-27)43-32-20-9-7-18-29(32)30-22-23-34-35(36(30)43)31-19-8-10-21-33(31)44-34/h1-24H. The molecule has 0 unspecified atom stereocenters. The molecule has 6 aromatic carbocycles. The first-order chi connectivity index (χ1) is 21.8. The predicted octanol–water partition coefficient (Wildman–Crippen LogP) is 9.87. The Morgan fingerprint density at radius 1 is 0.432 bits per heavy atom. The van der Waals surface area contributed by atoms with Gasteiger partial charge in [0.25, 0.3) is 0 Å². The molecule has 3 heterocycles. The number of benzene rings is 6. The summed E-state index contributed by atoms with van der Waals surface area (Å²) >= 11 is 0. The molecule has 0 aliphatic heterocycles. The van der Waals surface area contributed by atoms with Crippen LogP contribution in [0.25, 0.3) is 83.6 Å². The molecular weight excluding hydrogens is 540 g/mol. The maximum atomic E-state index is 6.31. The molecule has 0 radical (unpaired) electrons. The number of rotatable bonds is 4. The van der Waals surface area contributed by atoms with Crippen LogP contribution >= 0.6 is 0 Å². The van der Waals surface area contributed by atoms with Gasteiger partial charge < -0.3 is 8.98 Å². The molecule has 0 fully saturated rings. The lowest BCUT2D eigenvalue weighted by atomic mass is 10.1. The fourth-order valence-corrected chi connectivity index (χ4v) is 6.26. The highest BCUT2D eigenvalue weighted by molar-refractivity contribution is 6.24. The van der Waals surface area contributed by atoms with Crippen LogP contribution in [0, 0.1) is 0 Å². The minimum Gasteiger partial charge on any atom is -0.456 e. The molecule has 9 aromatic rings. The molecule has 3 aromatic heterocycles. The summed E-state index contributed by atoms with van der Waals surface area (Å²) in [4.78, 5) is 14.8. The van der Waals surface area contributed by atoms with Gasteiger partial charge in [-0.1, -0.05) is 109 Å². The smallest absolute Gasteiger partial charge is 0.164 e. The second-order valence-corrected chi connectivity index (χ2v) is 10.9. The maximum absolute atomic E-state index is 6.31. The summed E-state index contributed by atoms with van der Waals surface area (Å²) in [5, 5.41) is 4.59. The van der Waals surface area contributed by atoms with Gasteiger partial charge in [0.2, 0.25) is 0 Å². The van der Waals surface area contributed by atoms with Crippen LogP contribution in [0.5, 0.6) is 0 Å². The number of hydrogen-bond acceptors (Lipinski definition) is 4. The first kappa shape index (κ1) is 24.5. The van der Waals surface area contributed by atoms with Crippen molar-refractivity contribution >= 4 is 43.7 Å². The first-order valence-electron chi connectivity index (χ1n) is 14.6. The predicted molar refractivity (Wildman–Crippen MR) is 178 cm³/mol. The summed E-state index contributed by atoms with van der Waals surface area (Å²) < 4.78 is 8.65. The summed E-state index contributed by atoms with van der Waals surface area (Å²) in [7, 11) is 0. The molecule has 5 nitrogen and oxygen atoms in total. The van der Waals surface area contributed by atoms with Gasteiger partial charge in [0.1, 0.15) is 11.2 Å². The number of furan rings is 1. The third kappa shape index (κ3) is 3.83. The number of hydrogen-bond donors (Lipinski definition) is 0. The molecule has 0 bridgehead atoms. The molecule has 206 valence electrons. The lowest BCUT2D eigenvalue weighted by Crippen LogP contribution is -2.01. The maximum Gasteiger partial charge on any atom is 0.164 e. The van der Waals surface area contributed by atoms with E-state index in [0.29, 0.717) is 17.5 Å². The van der Waals surface area contributed by atoms with Crippen molar-refractivity contribution in [2.24, 2.45) is 0 Å². The number of aromatic nitrogens is 4. The molecule has 0 N–H and O–H groups in total. The second-order valence-electron chi connectivity index (χ2n) is 10.9. The van der Waals surface area contributed by atoms with Gasteiger partial charge in [-0.2, -0.15) is 0 Å². The molecule has 0 aliphatic carbocycles. The van der Waals surface area contributed by atoms with Crippen molar-refractivity contribution in [2.75, 3.05) is 0 Å². The zero-order chi connectivity index (χ0) is 29.0. The van der Waals surface area contributed by atoms with Crippen LogP contribution in [0.15, 0.2) is 150 Å². The largest absolute Gasteiger partial charge is 0.456 e. The zero-order valence-electron chi connectivity index (χ0n) is 23.6. The first-order valence-corrected chi connectivity index (χ1v) is 14.6. The molecule has 0 spiro atoms. The van der Waals surface area contributed by atoms with Crippen LogP contribution in [-0.4, -0.2) is 19.5 Å². The van der Waals surface area contributed by atoms with E-state index in [1.807, 2.05) is 72.8 Å². The van der Waals surface area contributed by atoms with Crippen molar-refractivity contribution < 1.29 is 4.42 Å². The molecule has 0 atom stereocenters. The van der Waals surface area contributed by atoms with Crippen molar-refractivity contribution in [2.45, 2.75) is 0 Å². The van der Waals surface area contributed by atoms with E-state index >= 15 is 0 Å². The van der Waals surface area contributed by atoms with E-state index in [-0.39, 0.29) is 0 Å². The highest BCUT2D eigenvalue weighted by atomic mass is 16.3. The van der Waals surface area contributed by atoms with Crippen molar-refractivity contribution in [3.05, 3.63) is 146 Å². The third-order valence-corrected chi connectivity index (χ3v) is 8.24. The van der Waals surface area contributed by atoms with Gasteiger partial charge in [0, 0.05) is 38.5 Å². The van der Waals surface area contributed by atoms with Gasteiger partial charge in [-0.3, -0.25) is 0 Å². The van der Waals surface area contributed by atoms with Gasteiger partial charge >= 0.3 is 0 Å². The van der Waals surface area contributed by atoms with Crippen LogP contribution in [-0.2, 0) is 0 Å². The fraction of sp³-hybridized carbons (Fsp3) is 0. The lowest BCUT2D eigenvalue weighted by Gasteiger charge is -2.12. The van der Waals surface area contributed by atoms with Gasteiger partial charge in [-0.15, -0.1) is 0 Å². The normalized spacial score (nSPS) is 11.6. The number of nitrogens with zero attached hydrogens (tertiary/aromatic N) is 4. The Bertz CT molecular complexity index is 2440. The SMILES string of the molecule is c1ccc(-c2nc(-c3ccccc3)nc(-c3cccc(-n4c5ccccc5c5ccc6oc7ccccc7c6c54)c3)n2)cc1. The molecule has 9 rings (SSSR count). The highest BCUT2D eigenvalue weighted by Crippen LogP contribution is 2.41. The number of para-hydroxylation sites is 2. The second kappa shape index (κ2) is 9.75. The van der Waals surface area contributed by atoms with Crippen LogP contribution < -0.4 is 0 Å². The minimum absolute atomic E-state index is 0.624. The summed E-state index contributed by atoms with van der Waals surface area (Å²) in [5.41, 5.74) is 7.83. The van der Waals surface area contributed by atoms with Crippen molar-refractivity contribution in [3.63, 3.8) is 0 Å². The molecule has 0 amide bonds. The minimum atomic E-state index is 0.624. The average molecular weight is 565 g/mol. The topological polar surface area (TPSA) is 56.7 Å². The lowest BCUT2D eigenvalue weighted by molar-refractivity contribution is 0.669. The van der Waals surface area contributed by atoms with Crippen LogP contribution in [0.3, 0.4) is 0 Å². The highest BCUT2D eigenvalue weighted by Gasteiger charge is 2.19. The van der Waals surface area contributed by atoms with Gasteiger partial charge in [-0.25, -0.2) is 15.0 Å². The monoisotopic (exact) mass is 564 g/mol. The average Bonchev–Trinajstić information content (AvgIpc) is 3.65. The fourth-order valence-electron chi connectivity index (χ4n) is 6.26. The quantitative estimate of drug-likeness (QED) is 0.213. The Kier molecular flexibility index (Phi) is 5.43. The van der Waals surface area contributed by atoms with E-state index in [0.717, 1.165) is 55.3 Å². The zero-order valence-corrected chi connectivity index (χ0v) is 23.6. The molecular formula is C39H24N4O. The molecule has 0 saturated carbocycles. The van der Waals surface area contributed by atoms with Crippen molar-refractivity contribution in [3.8, 4) is 39.9 Å². The third-order valence-electron chi connectivity index (χ3n) is 8.24. The Hall–Kier alpha value is -6.07. The molecule has 0 saturated heterocycles. The summed E-state index contributed by atoms with van der Waals surface area (Å²) in [6, 6.07) is 49.7. The van der Waals surface area contributed by atoms with E-state index in [2.05, 4.69) is 77.4 Å². The van der Waals surface area contributed by atoms with E-state index in [4.69, 9.17) is 19.4 Å². The van der Waals surface area contributed by atoms with E-state index in [9.17, 15) is 0 Å². The Labute approximate surface area is 252 Å². The number of fused-ring (bicyclic) bond motifs is 7. The van der Waals surface area contributed by atoms with Crippen molar-refractivity contribution in [1.29, 1.82) is 0 Å². The molecule has 5 heteroatoms. The Morgan fingerprint density at radius 2 is 1.02 bits per heavy atom. The van der Waals surface area contributed by atoms with Crippen LogP contribution in [0.4, 0.5) is 0 Å². The Morgan fingerprint density at radius 3 is 1.75 bits per heavy atom. The summed E-state index contributed by atoms with van der Waals surface area (Å²) in [5.74, 6) is 1.91. The van der Waals surface area contributed by atoms with Gasteiger partial charge in [-0.05, 0) is 36.4 Å². The van der Waals surface area contributed by atoms with E-state index in [1.165, 1.54) is 10.8 Å². The molecule has 0 aliphatic rings. The van der Waals surface area contributed by atoms with Gasteiger partial charge in [0.05, 0.1) is 16.4 Å². The Balaban J connectivity index is 1.31. The summed E-state index contributed by atoms with van der Waals surface area (Å²) in [6.45, 7) is 0. The molecule has 44 heavy (non-hydrogen) atoms. The van der Waals surface area contributed by atoms with Crippen molar-refractivity contribution in [1.82, 2.24) is 19.5 Å². The summed E-state index contributed by atoms with van der Waals surface area (Å²) in [6.07, 6.45) is 0.